The van der Waals surface area contributed by atoms with E-state index < -0.39 is 7.68 Å². The van der Waals surface area contributed by atoms with Crippen LogP contribution in [0.5, 0.6) is 0 Å². The molecule has 4 heteroatoms. The largest absolute Gasteiger partial charge is 0.364 e. The topological polar surface area (TPSA) is 26.3 Å². The van der Waals surface area contributed by atoms with Gasteiger partial charge in [0.25, 0.3) is 0 Å². The van der Waals surface area contributed by atoms with Crippen molar-refractivity contribution in [1.29, 1.82) is 0 Å². The lowest BCUT2D eigenvalue weighted by atomic mass is 10.3. The summed E-state index contributed by atoms with van der Waals surface area (Å²) in [5, 5.41) is 0. The lowest BCUT2D eigenvalue weighted by Crippen LogP contribution is -1.88. The Morgan fingerprint density at radius 2 is 2.10 bits per heavy atom. The van der Waals surface area contributed by atoms with Gasteiger partial charge in [0.1, 0.15) is 0 Å². The third-order valence-corrected chi connectivity index (χ3v) is 1.71. The molecule has 1 unspecified atom stereocenters. The van der Waals surface area contributed by atoms with Crippen LogP contribution in [0.1, 0.15) is 26.2 Å². The van der Waals surface area contributed by atoms with Crippen LogP contribution in [-0.2, 0) is 9.09 Å². The summed E-state index contributed by atoms with van der Waals surface area (Å²) in [7, 11) is -3.71. The molecule has 0 bridgehead atoms. The van der Waals surface area contributed by atoms with Crippen LogP contribution in [0.2, 0.25) is 0 Å². The van der Waals surface area contributed by atoms with E-state index in [1.165, 1.54) is 0 Å². The highest BCUT2D eigenvalue weighted by Gasteiger charge is 2.10. The summed E-state index contributed by atoms with van der Waals surface area (Å²) in [6.07, 6.45) is 2.85. The zero-order valence-electron chi connectivity index (χ0n) is 6.47. The molecule has 2 nitrogen and oxygen atoms in total. The zero-order chi connectivity index (χ0) is 8.04. The molecule has 1 atom stereocenters. The van der Waals surface area contributed by atoms with Gasteiger partial charge in [-0.05, 0) is 6.42 Å². The standard InChI is InChI=1S/C6H14FO2P/c1-3-4-5-6-9-10(2,7)8/h3-6H2,1-2H3. The summed E-state index contributed by atoms with van der Waals surface area (Å²) in [6, 6.07) is 0. The van der Waals surface area contributed by atoms with Crippen molar-refractivity contribution < 1.29 is 13.3 Å². The summed E-state index contributed by atoms with van der Waals surface area (Å²) >= 11 is 0. The van der Waals surface area contributed by atoms with Crippen molar-refractivity contribution in [2.75, 3.05) is 13.3 Å². The number of halogens is 1. The summed E-state index contributed by atoms with van der Waals surface area (Å²) in [5.41, 5.74) is 0. The third-order valence-electron chi connectivity index (χ3n) is 1.07. The first-order valence-electron chi connectivity index (χ1n) is 3.48. The molecule has 0 aromatic heterocycles. The molecule has 0 N–H and O–H groups in total. The van der Waals surface area contributed by atoms with Gasteiger partial charge in [0, 0.05) is 6.66 Å². The lowest BCUT2D eigenvalue weighted by Gasteiger charge is -2.02. The average molecular weight is 168 g/mol. The van der Waals surface area contributed by atoms with Gasteiger partial charge in [0.2, 0.25) is 0 Å². The summed E-state index contributed by atoms with van der Waals surface area (Å²) in [6.45, 7) is 3.30. The molecular weight excluding hydrogens is 154 g/mol. The molecule has 0 radical (unpaired) electrons. The van der Waals surface area contributed by atoms with Gasteiger partial charge in [-0.2, -0.15) is 4.20 Å². The van der Waals surface area contributed by atoms with Gasteiger partial charge in [0.05, 0.1) is 6.61 Å². The first kappa shape index (κ1) is 10.1. The Labute approximate surface area is 61.3 Å². The van der Waals surface area contributed by atoms with E-state index in [4.69, 9.17) is 0 Å². The zero-order valence-corrected chi connectivity index (χ0v) is 7.36. The Hall–Kier alpha value is 0.120. The van der Waals surface area contributed by atoms with Crippen LogP contribution in [-0.4, -0.2) is 13.3 Å². The Bertz CT molecular complexity index is 121. The second kappa shape index (κ2) is 4.86. The van der Waals surface area contributed by atoms with Crippen molar-refractivity contribution >= 4 is 7.68 Å². The van der Waals surface area contributed by atoms with E-state index >= 15 is 0 Å². The minimum Gasteiger partial charge on any atom is -0.306 e. The van der Waals surface area contributed by atoms with Gasteiger partial charge >= 0.3 is 7.68 Å². The van der Waals surface area contributed by atoms with E-state index in [9.17, 15) is 8.76 Å². The quantitative estimate of drug-likeness (QED) is 0.466. The van der Waals surface area contributed by atoms with Gasteiger partial charge in [-0.15, -0.1) is 0 Å². The van der Waals surface area contributed by atoms with Gasteiger partial charge in [-0.25, -0.2) is 0 Å². The van der Waals surface area contributed by atoms with Crippen LogP contribution in [0.15, 0.2) is 0 Å². The molecule has 0 aliphatic heterocycles. The number of rotatable bonds is 5. The molecule has 62 valence electrons. The minimum atomic E-state index is -3.71. The van der Waals surface area contributed by atoms with Gasteiger partial charge in [-0.3, -0.25) is 4.57 Å². The maximum atomic E-state index is 12.1. The molecule has 0 heterocycles. The first-order chi connectivity index (χ1) is 4.56. The van der Waals surface area contributed by atoms with Gasteiger partial charge < -0.3 is 4.52 Å². The molecule has 0 saturated carbocycles. The van der Waals surface area contributed by atoms with Gasteiger partial charge in [0.15, 0.2) is 0 Å². The average Bonchev–Trinajstić information content (AvgIpc) is 1.78. The van der Waals surface area contributed by atoms with Crippen LogP contribution in [0.3, 0.4) is 0 Å². The second-order valence-electron chi connectivity index (χ2n) is 2.29. The number of unbranched alkanes of at least 4 members (excludes halogenated alkanes) is 2. The summed E-state index contributed by atoms with van der Waals surface area (Å²) < 4.78 is 26.9. The fourth-order valence-corrected chi connectivity index (χ4v) is 1.03. The molecule has 0 rings (SSSR count). The Balaban J connectivity index is 3.13. The molecule has 10 heavy (non-hydrogen) atoms. The van der Waals surface area contributed by atoms with Crippen LogP contribution in [0.25, 0.3) is 0 Å². The summed E-state index contributed by atoms with van der Waals surface area (Å²) in [5.74, 6) is 0. The van der Waals surface area contributed by atoms with E-state index in [1.807, 2.05) is 6.92 Å². The van der Waals surface area contributed by atoms with E-state index in [0.29, 0.717) is 0 Å². The van der Waals surface area contributed by atoms with Crippen LogP contribution in [0, 0.1) is 0 Å². The number of hydrogen-bond acceptors (Lipinski definition) is 2. The SMILES string of the molecule is CCCCCOP(C)(=O)F. The highest BCUT2D eigenvalue weighted by atomic mass is 31.2. The minimum absolute atomic E-state index is 0.276. The van der Waals surface area contributed by atoms with Crippen LogP contribution in [0.4, 0.5) is 4.20 Å². The monoisotopic (exact) mass is 168 g/mol. The Morgan fingerprint density at radius 3 is 2.50 bits per heavy atom. The maximum Gasteiger partial charge on any atom is 0.364 e. The van der Waals surface area contributed by atoms with E-state index in [1.54, 1.807) is 0 Å². The molecule has 0 aliphatic rings. The number of hydrogen-bond donors (Lipinski definition) is 0. The highest BCUT2D eigenvalue weighted by Crippen LogP contribution is 2.43. The molecule has 0 fully saturated rings. The van der Waals surface area contributed by atoms with Gasteiger partial charge in [-0.1, -0.05) is 19.8 Å². The lowest BCUT2D eigenvalue weighted by molar-refractivity contribution is 0.283. The second-order valence-corrected chi connectivity index (χ2v) is 4.04. The Kier molecular flexibility index (Phi) is 4.92. The van der Waals surface area contributed by atoms with Crippen LogP contribution >= 0.6 is 7.68 Å². The predicted octanol–water partition coefficient (Wildman–Crippen LogP) is 2.99. The van der Waals surface area contributed by atoms with E-state index in [2.05, 4.69) is 4.52 Å². The molecule has 0 saturated heterocycles. The van der Waals surface area contributed by atoms with Crippen molar-refractivity contribution in [3.63, 3.8) is 0 Å². The van der Waals surface area contributed by atoms with Crippen molar-refractivity contribution in [3.8, 4) is 0 Å². The molecule has 0 aliphatic carbocycles. The van der Waals surface area contributed by atoms with E-state index in [-0.39, 0.29) is 6.61 Å². The molecule has 0 amide bonds. The van der Waals surface area contributed by atoms with Crippen molar-refractivity contribution in [2.45, 2.75) is 26.2 Å². The fourth-order valence-electron chi connectivity index (χ4n) is 0.580. The molecular formula is C6H14FO2P. The molecule has 0 aromatic carbocycles. The van der Waals surface area contributed by atoms with Crippen LogP contribution < -0.4 is 0 Å². The molecule has 0 spiro atoms. The third kappa shape index (κ3) is 8.12. The maximum absolute atomic E-state index is 12.1. The van der Waals surface area contributed by atoms with Crippen molar-refractivity contribution in [3.05, 3.63) is 0 Å². The van der Waals surface area contributed by atoms with E-state index in [0.717, 1.165) is 25.9 Å². The fraction of sp³-hybridized carbons (Fsp3) is 1.00. The summed E-state index contributed by atoms with van der Waals surface area (Å²) in [4.78, 5) is 0. The first-order valence-corrected chi connectivity index (χ1v) is 5.44. The molecule has 0 aromatic rings. The van der Waals surface area contributed by atoms with Crippen molar-refractivity contribution in [1.82, 2.24) is 0 Å². The Morgan fingerprint density at radius 1 is 1.50 bits per heavy atom. The normalized spacial score (nSPS) is 16.7. The van der Waals surface area contributed by atoms with Crippen molar-refractivity contribution in [2.24, 2.45) is 0 Å². The highest BCUT2D eigenvalue weighted by molar-refractivity contribution is 7.52. The smallest absolute Gasteiger partial charge is 0.306 e. The predicted molar refractivity (Wildman–Crippen MR) is 40.1 cm³/mol.